The first kappa shape index (κ1) is 43.7. The summed E-state index contributed by atoms with van der Waals surface area (Å²) >= 11 is 8.07. The highest BCUT2D eigenvalue weighted by Crippen LogP contribution is 2.72. The molecule has 0 radical (unpaired) electrons. The number of alkyl halides is 1. The third kappa shape index (κ3) is 7.49. The number of allylic oxidation sites excluding steroid dienone is 4. The second-order valence-electron chi connectivity index (χ2n) is 16.4. The highest BCUT2D eigenvalue weighted by atomic mass is 35.5. The molecule has 0 amide bonds. The molecule has 2 aromatic rings. The Bertz CT molecular complexity index is 2080. The van der Waals surface area contributed by atoms with E-state index in [0.29, 0.717) is 24.3 Å². The normalized spacial score (nSPS) is 35.4. The Morgan fingerprint density at radius 2 is 1.81 bits per heavy atom. The maximum absolute atomic E-state index is 17.1. The van der Waals surface area contributed by atoms with Crippen molar-refractivity contribution in [2.45, 2.75) is 102 Å². The fourth-order valence-corrected chi connectivity index (χ4v) is 11.8. The molecule has 0 unspecified atom stereocenters. The minimum atomic E-state index is -4.67. The van der Waals surface area contributed by atoms with Crippen molar-refractivity contribution in [2.24, 2.45) is 22.7 Å². The van der Waals surface area contributed by atoms with Crippen LogP contribution in [0.25, 0.3) is 0 Å². The number of aliphatic hydroxyl groups is 2. The van der Waals surface area contributed by atoms with Gasteiger partial charge in [0.1, 0.15) is 12.6 Å². The molecule has 6 aliphatic rings. The Balaban J connectivity index is 0.000000183. The number of nitrogens with zero attached hydrogens (tertiary/aromatic N) is 1. The first-order valence-electron chi connectivity index (χ1n) is 18.7. The van der Waals surface area contributed by atoms with Gasteiger partial charge in [-0.15, -0.1) is 11.3 Å². The maximum Gasteiger partial charge on any atom is 0.394 e. The van der Waals surface area contributed by atoms with Crippen molar-refractivity contribution in [1.82, 2.24) is 4.90 Å². The number of thiophene rings is 1. The van der Waals surface area contributed by atoms with E-state index >= 15 is 4.39 Å². The minimum Gasteiger partial charge on any atom is -0.468 e. The van der Waals surface area contributed by atoms with E-state index in [9.17, 15) is 24.6 Å². The molecule has 0 bridgehead atoms. The van der Waals surface area contributed by atoms with E-state index in [4.69, 9.17) is 43.3 Å². The summed E-state index contributed by atoms with van der Waals surface area (Å²) in [4.78, 5) is 40.9. The van der Waals surface area contributed by atoms with Crippen molar-refractivity contribution < 1.29 is 60.7 Å². The van der Waals surface area contributed by atoms with Gasteiger partial charge in [0.15, 0.2) is 28.6 Å². The highest BCUT2D eigenvalue weighted by molar-refractivity contribution is 7.79. The quantitative estimate of drug-likeness (QED) is 0.220. The monoisotopic (exact) mass is 853 g/mol. The Morgan fingerprint density at radius 3 is 2.46 bits per heavy atom. The highest BCUT2D eigenvalue weighted by Gasteiger charge is 2.80. The summed E-state index contributed by atoms with van der Waals surface area (Å²) in [5, 5.41) is 23.9. The Kier molecular flexibility index (Phi) is 12.0. The fraction of sp³-hybridized carbons (Fsp3) is 0.575. The average molecular weight is 854 g/mol. The molecule has 4 fully saturated rings. The second kappa shape index (κ2) is 15.6. The number of carbonyl (C=O) groups is 3. The lowest BCUT2D eigenvalue weighted by molar-refractivity contribution is -0.246. The number of methoxy groups -OCH3 is 1. The summed E-state index contributed by atoms with van der Waals surface area (Å²) in [6.45, 7) is 8.00. The van der Waals surface area contributed by atoms with E-state index in [-0.39, 0.29) is 24.1 Å². The lowest BCUT2D eigenvalue weighted by Crippen LogP contribution is -2.70. The number of halogens is 2. The lowest BCUT2D eigenvalue weighted by atomic mass is 9.44. The molecule has 312 valence electrons. The van der Waals surface area contributed by atoms with Gasteiger partial charge in [-0.05, 0) is 99.6 Å². The third-order valence-electron chi connectivity index (χ3n) is 13.0. The largest absolute Gasteiger partial charge is 0.468 e. The van der Waals surface area contributed by atoms with E-state index < -0.39 is 74.8 Å². The Hall–Kier alpha value is -2.90. The summed E-state index contributed by atoms with van der Waals surface area (Å²) in [7, 11) is -3.24. The van der Waals surface area contributed by atoms with Crippen LogP contribution >= 0.6 is 22.9 Å². The van der Waals surface area contributed by atoms with Gasteiger partial charge >= 0.3 is 16.4 Å². The number of aliphatic hydroxyl groups excluding tert-OH is 2. The van der Waals surface area contributed by atoms with Crippen molar-refractivity contribution >= 4 is 50.9 Å². The molecule has 2 aliphatic heterocycles. The van der Waals surface area contributed by atoms with Crippen LogP contribution < -0.4 is 0 Å². The zero-order chi connectivity index (χ0) is 41.9. The van der Waals surface area contributed by atoms with Crippen LogP contribution in [0, 0.1) is 22.7 Å². The van der Waals surface area contributed by atoms with Gasteiger partial charge in [-0.1, -0.05) is 48.4 Å². The van der Waals surface area contributed by atoms with Crippen LogP contribution in [0.15, 0.2) is 59.5 Å². The smallest absolute Gasteiger partial charge is 0.394 e. The number of ketones is 2. The van der Waals surface area contributed by atoms with Crippen LogP contribution in [0.2, 0.25) is 5.02 Å². The average Bonchev–Trinajstić information content (AvgIpc) is 3.78. The Morgan fingerprint density at radius 1 is 1.12 bits per heavy atom. The first-order chi connectivity index (χ1) is 26.6. The van der Waals surface area contributed by atoms with Crippen LogP contribution in [0.1, 0.15) is 75.4 Å². The molecule has 4 N–H and O–H groups in total. The van der Waals surface area contributed by atoms with Crippen LogP contribution in [-0.2, 0) is 52.0 Å². The standard InChI is InChI=1S/C24H31FO6.C16H16ClNO2S.H2O4S/c1-20(2)30-19-10-16-15-6-5-13-9-14(27)7-8-21(13,3)23(15,25)17(28)11-22(16,4)24(19,31-20)18(29)12-26;1-20-16(19)15(12-4-2-3-5-13(12)17)18-8-6-14-11(10-18)7-9-21-14;1-5(2,3)4/h7-9,15-17,19,26,28H,5-6,10-12H2,1-4H3;2-5,7,9,15H,6,8,10H2,1H3;(H2,1,2,3,4)/t15-,16-,17-,19+,21-,22-,23-,24+;15-;/m00./s1. The van der Waals surface area contributed by atoms with Crippen LogP contribution in [0.3, 0.4) is 0 Å². The molecule has 3 heterocycles. The van der Waals surface area contributed by atoms with Crippen LogP contribution in [0.5, 0.6) is 0 Å². The number of Topliss-reactive ketones (excluding diaryl/α,β-unsaturated/α-hetero) is 1. The van der Waals surface area contributed by atoms with Crippen LogP contribution in [-0.4, -0.2) is 99.7 Å². The van der Waals surface area contributed by atoms with Gasteiger partial charge in [0.25, 0.3) is 0 Å². The van der Waals surface area contributed by atoms with Gasteiger partial charge in [-0.2, -0.15) is 8.42 Å². The number of benzene rings is 1. The number of fused-ring (bicyclic) bond motifs is 8. The fourth-order valence-electron chi connectivity index (χ4n) is 10.7. The topological polar surface area (TPSA) is 197 Å². The molecule has 4 aliphatic carbocycles. The third-order valence-corrected chi connectivity index (χ3v) is 14.4. The molecule has 8 rings (SSSR count). The molecule has 13 nitrogen and oxygen atoms in total. The van der Waals surface area contributed by atoms with Gasteiger partial charge in [-0.3, -0.25) is 23.6 Å². The van der Waals surface area contributed by atoms with E-state index in [1.807, 2.05) is 31.2 Å². The van der Waals surface area contributed by atoms with E-state index in [2.05, 4.69) is 16.3 Å². The van der Waals surface area contributed by atoms with Crippen LogP contribution in [0.4, 0.5) is 4.39 Å². The minimum absolute atomic E-state index is 0.0109. The van der Waals surface area contributed by atoms with Crippen molar-refractivity contribution in [1.29, 1.82) is 0 Å². The molecule has 3 saturated carbocycles. The summed E-state index contributed by atoms with van der Waals surface area (Å²) in [5.74, 6) is -2.72. The number of hydrogen-bond acceptors (Lipinski definition) is 12. The van der Waals surface area contributed by atoms with Gasteiger partial charge in [0.05, 0.1) is 19.3 Å². The van der Waals surface area contributed by atoms with Crippen molar-refractivity contribution in [3.05, 3.63) is 80.5 Å². The zero-order valence-electron chi connectivity index (χ0n) is 32.3. The first-order valence-corrected chi connectivity index (χ1v) is 21.4. The van der Waals surface area contributed by atoms with Gasteiger partial charge in [0, 0.05) is 39.7 Å². The molecule has 57 heavy (non-hydrogen) atoms. The molecule has 1 aromatic carbocycles. The number of ether oxygens (including phenoxy) is 3. The molecule has 17 heteroatoms. The maximum atomic E-state index is 17.1. The summed E-state index contributed by atoms with van der Waals surface area (Å²) < 4.78 is 66.1. The molecule has 1 saturated heterocycles. The summed E-state index contributed by atoms with van der Waals surface area (Å²) in [6.07, 6.45) is 4.96. The number of hydrogen-bond donors (Lipinski definition) is 4. The number of esters is 1. The predicted molar refractivity (Wildman–Crippen MR) is 207 cm³/mol. The van der Waals surface area contributed by atoms with E-state index in [0.717, 1.165) is 30.6 Å². The zero-order valence-corrected chi connectivity index (χ0v) is 34.7. The SMILES string of the molecule is CC1(C)O[C@@H]2C[C@H]3[C@@H]4CCC5=CC(=O)C=C[C@]5(C)[C@@]4(F)[C@@H](O)C[C@]3(C)[C@]2(C(=O)CO)O1.COC(=O)[C@H](c1ccccc1Cl)N1CCc2sccc2C1.O=S(=O)(O)O. The van der Waals surface area contributed by atoms with Crippen molar-refractivity contribution in [2.75, 3.05) is 20.3 Å². The van der Waals surface area contributed by atoms with Gasteiger partial charge in [0.2, 0.25) is 0 Å². The van der Waals surface area contributed by atoms with Gasteiger partial charge < -0.3 is 24.4 Å². The molecular formula is C40H49ClFNO12S2. The van der Waals surface area contributed by atoms with E-state index in [1.165, 1.54) is 29.7 Å². The predicted octanol–water partition coefficient (Wildman–Crippen LogP) is 5.44. The lowest BCUT2D eigenvalue weighted by Gasteiger charge is -2.62. The second-order valence-corrected chi connectivity index (χ2v) is 18.7. The number of carbonyl (C=O) groups excluding carboxylic acids is 3. The molecule has 0 spiro atoms. The van der Waals surface area contributed by atoms with Crippen molar-refractivity contribution in [3.63, 3.8) is 0 Å². The molecule has 9 atom stereocenters. The summed E-state index contributed by atoms with van der Waals surface area (Å²) in [6, 6.07) is 9.16. The van der Waals surface area contributed by atoms with Gasteiger partial charge in [-0.25, -0.2) is 9.18 Å². The molecular weight excluding hydrogens is 805 g/mol. The van der Waals surface area contributed by atoms with E-state index in [1.54, 1.807) is 38.2 Å². The van der Waals surface area contributed by atoms with Crippen molar-refractivity contribution in [3.8, 4) is 0 Å². The summed E-state index contributed by atoms with van der Waals surface area (Å²) in [5.41, 5.74) is -2.55. The number of rotatable bonds is 5. The molecule has 1 aromatic heterocycles. The Labute approximate surface area is 340 Å².